The Kier molecular flexibility index (Phi) is 3.55. The molecule has 0 unspecified atom stereocenters. The molecule has 26 heavy (non-hydrogen) atoms. The van der Waals surface area contributed by atoms with Crippen LogP contribution in [0.15, 0.2) is 40.1 Å². The zero-order valence-corrected chi connectivity index (χ0v) is 14.0. The lowest BCUT2D eigenvalue weighted by Crippen LogP contribution is -2.36. The maximum Gasteiger partial charge on any atom is 0.332 e. The van der Waals surface area contributed by atoms with Gasteiger partial charge in [0.25, 0.3) is 5.56 Å². The van der Waals surface area contributed by atoms with Crippen LogP contribution in [-0.4, -0.2) is 39.2 Å². The molecule has 0 bridgehead atoms. The third-order valence-electron chi connectivity index (χ3n) is 4.24. The molecule has 132 valence electrons. The Labute approximate surface area is 146 Å². The Morgan fingerprint density at radius 2 is 1.92 bits per heavy atom. The third-order valence-corrected chi connectivity index (χ3v) is 4.24. The molecular formula is C16H15N7O3. The van der Waals surface area contributed by atoms with Gasteiger partial charge in [-0.15, -0.1) is 5.10 Å². The zero-order chi connectivity index (χ0) is 18.4. The molecule has 10 nitrogen and oxygen atoms in total. The van der Waals surface area contributed by atoms with Gasteiger partial charge in [0.1, 0.15) is 11.2 Å². The molecule has 0 radical (unpaired) electrons. The van der Waals surface area contributed by atoms with Gasteiger partial charge >= 0.3 is 5.69 Å². The van der Waals surface area contributed by atoms with E-state index in [1.54, 1.807) is 19.3 Å². The van der Waals surface area contributed by atoms with E-state index in [0.29, 0.717) is 22.8 Å². The van der Waals surface area contributed by atoms with Gasteiger partial charge in [0.15, 0.2) is 11.5 Å². The van der Waals surface area contributed by atoms with E-state index in [0.717, 1.165) is 4.57 Å². The molecule has 0 atom stereocenters. The molecule has 3 heterocycles. The van der Waals surface area contributed by atoms with E-state index in [1.165, 1.54) is 16.3 Å². The number of nitrogens with zero attached hydrogens (tertiary/aromatic N) is 6. The Hall–Kier alpha value is -3.53. The van der Waals surface area contributed by atoms with Crippen LogP contribution in [0.25, 0.3) is 28.4 Å². The standard InChI is InChI=1S/C16H15N7O3/c1-21-14-12(15(25)22(2)16(21)26)17-13(18-14)10-7-23(20-19-10)11-6-4-3-5-9(11)8-24/h3-7,24H,8H2,1-2H3,(H,17,18). The van der Waals surface area contributed by atoms with Gasteiger partial charge in [-0.3, -0.25) is 13.9 Å². The molecule has 0 aliphatic rings. The summed E-state index contributed by atoms with van der Waals surface area (Å²) in [5, 5.41) is 17.6. The van der Waals surface area contributed by atoms with Crippen molar-refractivity contribution in [1.82, 2.24) is 34.1 Å². The van der Waals surface area contributed by atoms with Crippen LogP contribution < -0.4 is 11.2 Å². The van der Waals surface area contributed by atoms with Crippen LogP contribution >= 0.6 is 0 Å². The summed E-state index contributed by atoms with van der Waals surface area (Å²) in [5.41, 5.74) is 1.34. The summed E-state index contributed by atoms with van der Waals surface area (Å²) >= 11 is 0. The number of fused-ring (bicyclic) bond motifs is 1. The van der Waals surface area contributed by atoms with Crippen LogP contribution in [0.2, 0.25) is 0 Å². The summed E-state index contributed by atoms with van der Waals surface area (Å²) in [5.74, 6) is 0.325. The van der Waals surface area contributed by atoms with E-state index in [1.807, 2.05) is 18.2 Å². The third kappa shape index (κ3) is 2.27. The molecule has 4 rings (SSSR count). The highest BCUT2D eigenvalue weighted by Gasteiger charge is 2.16. The minimum atomic E-state index is -0.458. The number of rotatable bonds is 3. The number of aliphatic hydroxyl groups is 1. The molecule has 0 aliphatic carbocycles. The highest BCUT2D eigenvalue weighted by molar-refractivity contribution is 5.74. The van der Waals surface area contributed by atoms with E-state index in [4.69, 9.17) is 0 Å². The molecule has 3 aromatic heterocycles. The van der Waals surface area contributed by atoms with Crippen molar-refractivity contribution >= 4 is 11.2 Å². The van der Waals surface area contributed by atoms with E-state index in [-0.39, 0.29) is 17.8 Å². The number of aromatic amines is 1. The SMILES string of the molecule is Cn1c(=O)c2[nH]c(-c3cn(-c4ccccc4CO)nn3)nc2n(C)c1=O. The fourth-order valence-corrected chi connectivity index (χ4v) is 2.81. The predicted molar refractivity (Wildman–Crippen MR) is 92.9 cm³/mol. The molecule has 0 fully saturated rings. The number of aryl methyl sites for hydroxylation is 1. The van der Waals surface area contributed by atoms with Crippen molar-refractivity contribution in [2.24, 2.45) is 14.1 Å². The number of aliphatic hydroxyl groups excluding tert-OH is 1. The normalized spacial score (nSPS) is 11.3. The molecule has 10 heteroatoms. The quantitative estimate of drug-likeness (QED) is 0.521. The molecule has 0 saturated heterocycles. The largest absolute Gasteiger partial charge is 0.392 e. The highest BCUT2D eigenvalue weighted by atomic mass is 16.3. The summed E-state index contributed by atoms with van der Waals surface area (Å²) in [6.45, 7) is -0.131. The minimum Gasteiger partial charge on any atom is -0.392 e. The number of benzene rings is 1. The molecule has 0 aliphatic heterocycles. The van der Waals surface area contributed by atoms with Gasteiger partial charge in [-0.05, 0) is 6.07 Å². The second-order valence-corrected chi connectivity index (χ2v) is 5.82. The topological polar surface area (TPSA) is 124 Å². The molecule has 0 saturated carbocycles. The van der Waals surface area contributed by atoms with E-state index >= 15 is 0 Å². The van der Waals surface area contributed by atoms with Gasteiger partial charge in [0, 0.05) is 19.7 Å². The van der Waals surface area contributed by atoms with Crippen molar-refractivity contribution in [2.75, 3.05) is 0 Å². The minimum absolute atomic E-state index is 0.131. The van der Waals surface area contributed by atoms with Gasteiger partial charge in [-0.2, -0.15) is 0 Å². The number of para-hydroxylation sites is 1. The first kappa shape index (κ1) is 16.0. The molecule has 0 amide bonds. The Morgan fingerprint density at radius 1 is 1.15 bits per heavy atom. The first-order chi connectivity index (χ1) is 12.5. The second kappa shape index (κ2) is 5.77. The number of imidazole rings is 1. The average Bonchev–Trinajstić information content (AvgIpc) is 3.32. The van der Waals surface area contributed by atoms with E-state index in [9.17, 15) is 14.7 Å². The lowest BCUT2D eigenvalue weighted by Gasteiger charge is -2.05. The van der Waals surface area contributed by atoms with Crippen molar-refractivity contribution < 1.29 is 5.11 Å². The van der Waals surface area contributed by atoms with Gasteiger partial charge < -0.3 is 10.1 Å². The zero-order valence-electron chi connectivity index (χ0n) is 14.0. The summed E-state index contributed by atoms with van der Waals surface area (Å²) in [7, 11) is 2.95. The Morgan fingerprint density at radius 3 is 2.69 bits per heavy atom. The average molecular weight is 353 g/mol. The first-order valence-electron chi connectivity index (χ1n) is 7.79. The predicted octanol–water partition coefficient (Wildman–Crippen LogP) is -0.300. The van der Waals surface area contributed by atoms with Crippen LogP contribution in [0.1, 0.15) is 5.56 Å². The lowest BCUT2D eigenvalue weighted by atomic mass is 10.2. The maximum absolute atomic E-state index is 12.3. The lowest BCUT2D eigenvalue weighted by molar-refractivity contribution is 0.281. The van der Waals surface area contributed by atoms with Crippen molar-refractivity contribution in [1.29, 1.82) is 0 Å². The van der Waals surface area contributed by atoms with Gasteiger partial charge in [-0.1, -0.05) is 23.4 Å². The first-order valence-corrected chi connectivity index (χ1v) is 7.79. The number of hydrogen-bond acceptors (Lipinski definition) is 6. The van der Waals surface area contributed by atoms with Gasteiger partial charge in [-0.25, -0.2) is 14.5 Å². The smallest absolute Gasteiger partial charge is 0.332 e. The maximum atomic E-state index is 12.3. The highest BCUT2D eigenvalue weighted by Crippen LogP contribution is 2.18. The number of nitrogens with one attached hydrogen (secondary N) is 1. The molecular weight excluding hydrogens is 338 g/mol. The van der Waals surface area contributed by atoms with Crippen LogP contribution in [0.3, 0.4) is 0 Å². The number of aromatic nitrogens is 7. The van der Waals surface area contributed by atoms with E-state index in [2.05, 4.69) is 20.3 Å². The van der Waals surface area contributed by atoms with Crippen molar-refractivity contribution in [3.63, 3.8) is 0 Å². The van der Waals surface area contributed by atoms with E-state index < -0.39 is 11.2 Å². The van der Waals surface area contributed by atoms with Crippen LogP contribution in [0.4, 0.5) is 0 Å². The van der Waals surface area contributed by atoms with Crippen LogP contribution in [0.5, 0.6) is 0 Å². The number of hydrogen-bond donors (Lipinski definition) is 2. The fraction of sp³-hybridized carbons (Fsp3) is 0.188. The molecule has 2 N–H and O–H groups in total. The summed E-state index contributed by atoms with van der Waals surface area (Å²) < 4.78 is 3.83. The van der Waals surface area contributed by atoms with Crippen LogP contribution in [0, 0.1) is 0 Å². The van der Waals surface area contributed by atoms with Crippen molar-refractivity contribution in [3.05, 3.63) is 56.9 Å². The number of H-pyrrole nitrogens is 1. The summed E-state index contributed by atoms with van der Waals surface area (Å²) in [6.07, 6.45) is 1.63. The molecule has 1 aromatic carbocycles. The Balaban J connectivity index is 1.86. The molecule has 4 aromatic rings. The summed E-state index contributed by atoms with van der Waals surface area (Å²) in [6, 6.07) is 7.25. The van der Waals surface area contributed by atoms with Crippen LogP contribution in [-0.2, 0) is 20.7 Å². The monoisotopic (exact) mass is 353 g/mol. The van der Waals surface area contributed by atoms with Gasteiger partial charge in [0.2, 0.25) is 0 Å². The summed E-state index contributed by atoms with van der Waals surface area (Å²) in [4.78, 5) is 31.5. The molecule has 0 spiro atoms. The fourth-order valence-electron chi connectivity index (χ4n) is 2.81. The Bertz CT molecular complexity index is 1240. The van der Waals surface area contributed by atoms with Crippen molar-refractivity contribution in [3.8, 4) is 17.2 Å². The van der Waals surface area contributed by atoms with Crippen molar-refractivity contribution in [2.45, 2.75) is 6.61 Å². The second-order valence-electron chi connectivity index (χ2n) is 5.82. The van der Waals surface area contributed by atoms with Gasteiger partial charge in [0.05, 0.1) is 18.5 Å².